The van der Waals surface area contributed by atoms with E-state index in [1.807, 2.05) is 0 Å². The lowest BCUT2D eigenvalue weighted by molar-refractivity contribution is -0.132. The van der Waals surface area contributed by atoms with Crippen molar-refractivity contribution in [3.63, 3.8) is 0 Å². The fourth-order valence-corrected chi connectivity index (χ4v) is 5.50. The Morgan fingerprint density at radius 2 is 1.78 bits per heavy atom. The highest BCUT2D eigenvalue weighted by molar-refractivity contribution is 7.90. The van der Waals surface area contributed by atoms with Gasteiger partial charge < -0.3 is 4.90 Å². The maximum atomic E-state index is 12.7. The summed E-state index contributed by atoms with van der Waals surface area (Å²) in [4.78, 5) is 31.5. The number of rotatable bonds is 5. The summed E-state index contributed by atoms with van der Waals surface area (Å²) in [6.07, 6.45) is 1.32. The molecule has 0 bridgehead atoms. The second kappa shape index (κ2) is 9.21. The summed E-state index contributed by atoms with van der Waals surface area (Å²) in [7, 11) is -3.59. The zero-order valence-corrected chi connectivity index (χ0v) is 19.4. The molecule has 7 nitrogen and oxygen atoms in total. The molecule has 168 valence electrons. The number of Topliss-reactive ketones (excluding diaryl/α,β-unsaturated/α-hetero) is 1. The standard InChI is InChI=1S/C22H21Cl2N3O4S/c23-17-6-5-15(13-18(17)24)21(29)14-8-11-27(12-9-14)20(28)7-10-25-22-16-3-1-2-4-19(16)32(30,31)26-22/h1-6,13-14H,7-12H2,(H,25,26). The van der Waals surface area contributed by atoms with E-state index in [-0.39, 0.29) is 41.3 Å². The highest BCUT2D eigenvalue weighted by Crippen LogP contribution is 2.27. The number of nitrogens with one attached hydrogen (secondary N) is 1. The van der Waals surface area contributed by atoms with Crippen LogP contribution in [-0.2, 0) is 14.8 Å². The van der Waals surface area contributed by atoms with Gasteiger partial charge in [0.15, 0.2) is 5.78 Å². The summed E-state index contributed by atoms with van der Waals surface area (Å²) < 4.78 is 26.7. The van der Waals surface area contributed by atoms with Crippen molar-refractivity contribution in [3.8, 4) is 0 Å². The van der Waals surface area contributed by atoms with Gasteiger partial charge in [-0.05, 0) is 43.2 Å². The van der Waals surface area contributed by atoms with Crippen LogP contribution in [0.1, 0.15) is 35.2 Å². The number of amidine groups is 1. The van der Waals surface area contributed by atoms with Crippen LogP contribution >= 0.6 is 23.2 Å². The van der Waals surface area contributed by atoms with Crippen LogP contribution < -0.4 is 4.72 Å². The highest BCUT2D eigenvalue weighted by atomic mass is 35.5. The van der Waals surface area contributed by atoms with Crippen molar-refractivity contribution in [1.29, 1.82) is 0 Å². The minimum absolute atomic E-state index is 0.00856. The summed E-state index contributed by atoms with van der Waals surface area (Å²) in [5.74, 6) is 0.0402. The number of carbonyl (C=O) groups excluding carboxylic acids is 2. The average molecular weight is 494 g/mol. The van der Waals surface area contributed by atoms with Gasteiger partial charge in [-0.3, -0.25) is 19.3 Å². The van der Waals surface area contributed by atoms with Crippen molar-refractivity contribution < 1.29 is 18.0 Å². The number of hydrogen-bond donors (Lipinski definition) is 1. The van der Waals surface area contributed by atoms with Crippen LogP contribution in [0, 0.1) is 5.92 Å². The molecule has 2 aromatic rings. The van der Waals surface area contributed by atoms with E-state index in [1.165, 1.54) is 6.07 Å². The first kappa shape index (κ1) is 22.8. The molecule has 0 atom stereocenters. The molecule has 0 saturated carbocycles. The van der Waals surface area contributed by atoms with Crippen molar-refractivity contribution >= 4 is 50.8 Å². The number of halogens is 2. The fraction of sp³-hybridized carbons (Fsp3) is 0.318. The van der Waals surface area contributed by atoms with E-state index in [2.05, 4.69) is 9.71 Å². The Hall–Kier alpha value is -2.42. The van der Waals surface area contributed by atoms with Crippen LogP contribution in [0.5, 0.6) is 0 Å². The number of piperidine rings is 1. The number of likely N-dealkylation sites (tertiary alicyclic amines) is 1. The van der Waals surface area contributed by atoms with Crippen LogP contribution in [0.3, 0.4) is 0 Å². The lowest BCUT2D eigenvalue weighted by Crippen LogP contribution is -2.40. The molecule has 2 heterocycles. The van der Waals surface area contributed by atoms with Crippen LogP contribution in [0.2, 0.25) is 10.0 Å². The monoisotopic (exact) mass is 493 g/mol. The Morgan fingerprint density at radius 3 is 2.50 bits per heavy atom. The summed E-state index contributed by atoms with van der Waals surface area (Å²) in [6, 6.07) is 11.5. The molecule has 1 amide bonds. The van der Waals surface area contributed by atoms with Gasteiger partial charge in [-0.1, -0.05) is 35.3 Å². The van der Waals surface area contributed by atoms with Crippen molar-refractivity contribution in [2.45, 2.75) is 24.2 Å². The number of aliphatic imine (C=N–C) groups is 1. The predicted octanol–water partition coefficient (Wildman–Crippen LogP) is 3.54. The quantitative estimate of drug-likeness (QED) is 0.644. The summed E-state index contributed by atoms with van der Waals surface area (Å²) >= 11 is 11.9. The van der Waals surface area contributed by atoms with Gasteiger partial charge in [-0.15, -0.1) is 0 Å². The molecule has 32 heavy (non-hydrogen) atoms. The van der Waals surface area contributed by atoms with Gasteiger partial charge in [0.25, 0.3) is 10.0 Å². The van der Waals surface area contributed by atoms with Crippen molar-refractivity contribution in [1.82, 2.24) is 9.62 Å². The van der Waals surface area contributed by atoms with E-state index in [1.54, 1.807) is 41.3 Å². The van der Waals surface area contributed by atoms with Gasteiger partial charge in [0.1, 0.15) is 5.84 Å². The van der Waals surface area contributed by atoms with Crippen LogP contribution in [0.25, 0.3) is 0 Å². The lowest BCUT2D eigenvalue weighted by atomic mass is 9.89. The molecule has 10 heteroatoms. The lowest BCUT2D eigenvalue weighted by Gasteiger charge is -2.31. The number of nitrogens with zero attached hydrogens (tertiary/aromatic N) is 2. The number of carbonyl (C=O) groups is 2. The van der Waals surface area contributed by atoms with E-state index in [4.69, 9.17) is 23.2 Å². The van der Waals surface area contributed by atoms with E-state index >= 15 is 0 Å². The normalized spacial score (nSPS) is 18.9. The third-order valence-electron chi connectivity index (χ3n) is 5.68. The van der Waals surface area contributed by atoms with Gasteiger partial charge in [0, 0.05) is 36.6 Å². The van der Waals surface area contributed by atoms with Gasteiger partial charge in [0.2, 0.25) is 5.91 Å². The summed E-state index contributed by atoms with van der Waals surface area (Å²) in [5, 5.41) is 0.750. The largest absolute Gasteiger partial charge is 0.343 e. The minimum atomic E-state index is -3.59. The number of sulfonamides is 1. The Kier molecular flexibility index (Phi) is 6.55. The van der Waals surface area contributed by atoms with Crippen LogP contribution in [0.15, 0.2) is 52.4 Å². The highest BCUT2D eigenvalue weighted by Gasteiger charge is 2.31. The first-order valence-corrected chi connectivity index (χ1v) is 12.4. The SMILES string of the molecule is O=C(c1ccc(Cl)c(Cl)c1)C1CCN(C(=O)CCN=C2NS(=O)(=O)c3ccccc32)CC1. The van der Waals surface area contributed by atoms with Crippen molar-refractivity contribution in [2.75, 3.05) is 19.6 Å². The topological polar surface area (TPSA) is 95.9 Å². The Balaban J connectivity index is 1.30. The molecule has 1 N–H and O–H groups in total. The van der Waals surface area contributed by atoms with E-state index in [9.17, 15) is 18.0 Å². The third-order valence-corrected chi connectivity index (χ3v) is 7.82. The molecular formula is C22H21Cl2N3O4S. The van der Waals surface area contributed by atoms with E-state index < -0.39 is 10.0 Å². The number of ketones is 1. The molecule has 2 aliphatic rings. The molecule has 1 fully saturated rings. The van der Waals surface area contributed by atoms with Gasteiger partial charge >= 0.3 is 0 Å². The second-order valence-corrected chi connectivity index (χ2v) is 10.2. The number of benzene rings is 2. The van der Waals surface area contributed by atoms with Crippen molar-refractivity contribution in [2.24, 2.45) is 10.9 Å². The molecule has 0 unspecified atom stereocenters. The van der Waals surface area contributed by atoms with Crippen LogP contribution in [0.4, 0.5) is 0 Å². The summed E-state index contributed by atoms with van der Waals surface area (Å²) in [5.41, 5.74) is 1.04. The Labute approximate surface area is 196 Å². The zero-order valence-electron chi connectivity index (χ0n) is 17.1. The summed E-state index contributed by atoms with van der Waals surface area (Å²) in [6.45, 7) is 1.15. The van der Waals surface area contributed by atoms with E-state index in [0.717, 1.165) is 0 Å². The maximum absolute atomic E-state index is 12.7. The Morgan fingerprint density at radius 1 is 1.06 bits per heavy atom. The molecular weight excluding hydrogens is 473 g/mol. The molecule has 0 aliphatic carbocycles. The maximum Gasteiger partial charge on any atom is 0.263 e. The first-order chi connectivity index (χ1) is 15.3. The average Bonchev–Trinajstić information content (AvgIpc) is 3.05. The molecule has 0 aromatic heterocycles. The second-order valence-electron chi connectivity index (χ2n) is 7.73. The van der Waals surface area contributed by atoms with Gasteiger partial charge in [-0.25, -0.2) is 8.42 Å². The first-order valence-electron chi connectivity index (χ1n) is 10.2. The fourth-order valence-electron chi connectivity index (χ4n) is 3.95. The van der Waals surface area contributed by atoms with Gasteiger partial charge in [-0.2, -0.15) is 0 Å². The van der Waals surface area contributed by atoms with Crippen molar-refractivity contribution in [3.05, 3.63) is 63.6 Å². The molecule has 0 spiro atoms. The molecule has 0 radical (unpaired) electrons. The third kappa shape index (κ3) is 4.67. The molecule has 2 aromatic carbocycles. The number of amides is 1. The predicted molar refractivity (Wildman–Crippen MR) is 123 cm³/mol. The zero-order chi connectivity index (χ0) is 22.9. The minimum Gasteiger partial charge on any atom is -0.343 e. The number of hydrogen-bond acceptors (Lipinski definition) is 5. The van der Waals surface area contributed by atoms with Gasteiger partial charge in [0.05, 0.1) is 21.5 Å². The van der Waals surface area contributed by atoms with Crippen LogP contribution in [-0.4, -0.2) is 50.5 Å². The van der Waals surface area contributed by atoms with E-state index in [0.29, 0.717) is 47.1 Å². The molecule has 1 saturated heterocycles. The molecule has 2 aliphatic heterocycles. The number of fused-ring (bicyclic) bond motifs is 1. The Bertz CT molecular complexity index is 1210. The smallest absolute Gasteiger partial charge is 0.263 e. The molecule has 4 rings (SSSR count).